The number of ether oxygens (including phenoxy) is 2. The van der Waals surface area contributed by atoms with E-state index in [1.54, 1.807) is 13.0 Å². The molecule has 1 atom stereocenters. The summed E-state index contributed by atoms with van der Waals surface area (Å²) >= 11 is 0. The molecular formula is C13H16O3. The lowest BCUT2D eigenvalue weighted by Crippen LogP contribution is -2.12. The predicted octanol–water partition coefficient (Wildman–Crippen LogP) is 2.63. The Morgan fingerprint density at radius 1 is 1.38 bits per heavy atom. The molecule has 1 aromatic rings. The third kappa shape index (κ3) is 4.28. The van der Waals surface area contributed by atoms with Crippen molar-refractivity contribution < 1.29 is 14.3 Å². The monoisotopic (exact) mass is 220 g/mol. The summed E-state index contributed by atoms with van der Waals surface area (Å²) in [5, 5.41) is 0. The molecule has 3 heteroatoms. The largest absolute Gasteiger partial charge is 0.462 e. The number of hydrogen-bond acceptors (Lipinski definition) is 3. The van der Waals surface area contributed by atoms with Crippen LogP contribution in [0.25, 0.3) is 6.08 Å². The van der Waals surface area contributed by atoms with Gasteiger partial charge in [-0.15, -0.1) is 0 Å². The lowest BCUT2D eigenvalue weighted by molar-refractivity contribution is -0.122. The van der Waals surface area contributed by atoms with Gasteiger partial charge in [0.25, 0.3) is 0 Å². The van der Waals surface area contributed by atoms with Gasteiger partial charge in [-0.2, -0.15) is 0 Å². The topological polar surface area (TPSA) is 35.5 Å². The first kappa shape index (κ1) is 12.5. The van der Waals surface area contributed by atoms with Crippen molar-refractivity contribution in [1.82, 2.24) is 0 Å². The molecule has 0 aromatic heterocycles. The molecule has 0 spiro atoms. The number of rotatable bonds is 6. The highest BCUT2D eigenvalue weighted by atomic mass is 16.7. The number of carbonyl (C=O) groups excluding carboxylic acids is 1. The van der Waals surface area contributed by atoms with Gasteiger partial charge in [0.15, 0.2) is 18.3 Å². The first-order valence-corrected chi connectivity index (χ1v) is 5.26. The molecular weight excluding hydrogens is 204 g/mol. The van der Waals surface area contributed by atoms with Crippen LogP contribution in [0.4, 0.5) is 0 Å². The number of hydrogen-bond donors (Lipinski definition) is 0. The molecule has 0 fully saturated rings. The van der Waals surface area contributed by atoms with E-state index in [0.717, 1.165) is 5.56 Å². The van der Waals surface area contributed by atoms with Crippen LogP contribution in [-0.2, 0) is 14.3 Å². The predicted molar refractivity (Wildman–Crippen MR) is 62.7 cm³/mol. The second-order valence-electron chi connectivity index (χ2n) is 3.22. The second-order valence-corrected chi connectivity index (χ2v) is 3.22. The van der Waals surface area contributed by atoms with Crippen LogP contribution in [0.5, 0.6) is 0 Å². The van der Waals surface area contributed by atoms with Gasteiger partial charge in [0.1, 0.15) is 0 Å². The first-order chi connectivity index (χ1) is 7.76. The highest BCUT2D eigenvalue weighted by Crippen LogP contribution is 2.08. The molecule has 0 bridgehead atoms. The van der Waals surface area contributed by atoms with E-state index in [2.05, 4.69) is 0 Å². The zero-order valence-corrected chi connectivity index (χ0v) is 9.55. The molecule has 0 radical (unpaired) electrons. The Morgan fingerprint density at radius 2 is 2.06 bits per heavy atom. The summed E-state index contributed by atoms with van der Waals surface area (Å²) in [5.74, 6) is 0.271. The molecule has 3 nitrogen and oxygen atoms in total. The minimum atomic E-state index is -0.412. The van der Waals surface area contributed by atoms with Gasteiger partial charge >= 0.3 is 0 Å². The van der Waals surface area contributed by atoms with Crippen molar-refractivity contribution in [2.24, 2.45) is 0 Å². The molecule has 0 amide bonds. The molecule has 0 aliphatic rings. The molecule has 86 valence electrons. The maximum absolute atomic E-state index is 10.8. The van der Waals surface area contributed by atoms with Crippen molar-refractivity contribution in [1.29, 1.82) is 0 Å². The fourth-order valence-electron chi connectivity index (χ4n) is 1.27. The molecule has 1 rings (SSSR count). The van der Waals surface area contributed by atoms with Crippen LogP contribution in [0.2, 0.25) is 0 Å². The summed E-state index contributed by atoms with van der Waals surface area (Å²) in [6.45, 7) is 4.19. The van der Waals surface area contributed by atoms with Gasteiger partial charge < -0.3 is 9.47 Å². The molecule has 1 unspecified atom stereocenters. The summed E-state index contributed by atoms with van der Waals surface area (Å²) in [6, 6.07) is 9.53. The Morgan fingerprint density at radius 3 is 2.62 bits per heavy atom. The maximum atomic E-state index is 10.8. The Labute approximate surface area is 95.7 Å². The summed E-state index contributed by atoms with van der Waals surface area (Å²) in [5.41, 5.74) is 0.924. The van der Waals surface area contributed by atoms with Crippen molar-refractivity contribution in [2.45, 2.75) is 20.1 Å². The van der Waals surface area contributed by atoms with E-state index in [-0.39, 0.29) is 5.76 Å². The van der Waals surface area contributed by atoms with Crippen LogP contribution in [0, 0.1) is 0 Å². The minimum absolute atomic E-state index is 0.271. The van der Waals surface area contributed by atoms with Crippen LogP contribution in [0.3, 0.4) is 0 Å². The van der Waals surface area contributed by atoms with E-state index in [0.29, 0.717) is 12.9 Å². The van der Waals surface area contributed by atoms with Crippen LogP contribution in [0.15, 0.2) is 36.1 Å². The number of carbonyl (C=O) groups is 1. The molecule has 0 aliphatic carbocycles. The lowest BCUT2D eigenvalue weighted by atomic mass is 10.2. The van der Waals surface area contributed by atoms with Gasteiger partial charge in [-0.25, -0.2) is 0 Å². The van der Waals surface area contributed by atoms with Crippen molar-refractivity contribution in [3.05, 3.63) is 41.7 Å². The van der Waals surface area contributed by atoms with Gasteiger partial charge in [-0.3, -0.25) is 4.79 Å². The molecule has 0 aliphatic heterocycles. The Kier molecular flexibility index (Phi) is 5.29. The second kappa shape index (κ2) is 6.80. The Balaban J connectivity index is 2.67. The summed E-state index contributed by atoms with van der Waals surface area (Å²) < 4.78 is 10.5. The highest BCUT2D eigenvalue weighted by Gasteiger charge is 2.04. The fraction of sp³-hybridized carbons (Fsp3) is 0.308. The molecule has 0 heterocycles. The zero-order chi connectivity index (χ0) is 11.8. The maximum Gasteiger partial charge on any atom is 0.197 e. The first-order valence-electron chi connectivity index (χ1n) is 5.26. The van der Waals surface area contributed by atoms with Gasteiger partial charge in [0.05, 0.1) is 0 Å². The van der Waals surface area contributed by atoms with E-state index in [9.17, 15) is 4.79 Å². The van der Waals surface area contributed by atoms with Crippen molar-refractivity contribution in [3.8, 4) is 0 Å². The van der Waals surface area contributed by atoms with Crippen LogP contribution >= 0.6 is 0 Å². The standard InChI is InChI=1S/C13H16O3/c1-3-15-11(2)16-13(10-14)9-12-7-5-4-6-8-12/h4-11H,3H2,1-2H3/b13-9+. The molecule has 0 N–H and O–H groups in total. The van der Waals surface area contributed by atoms with Crippen molar-refractivity contribution in [2.75, 3.05) is 6.61 Å². The fourth-order valence-corrected chi connectivity index (χ4v) is 1.27. The van der Waals surface area contributed by atoms with E-state index in [1.807, 2.05) is 37.3 Å². The van der Waals surface area contributed by atoms with Crippen LogP contribution < -0.4 is 0 Å². The summed E-state index contributed by atoms with van der Waals surface area (Å²) in [7, 11) is 0. The normalized spacial score (nSPS) is 13.2. The number of aldehydes is 1. The van der Waals surface area contributed by atoms with Gasteiger partial charge in [-0.05, 0) is 25.5 Å². The Hall–Kier alpha value is -1.61. The van der Waals surface area contributed by atoms with Gasteiger partial charge in [0, 0.05) is 6.61 Å². The van der Waals surface area contributed by atoms with Crippen LogP contribution in [-0.4, -0.2) is 19.2 Å². The van der Waals surface area contributed by atoms with E-state index in [1.165, 1.54) is 0 Å². The summed E-state index contributed by atoms with van der Waals surface area (Å²) in [4.78, 5) is 10.8. The molecule has 1 aromatic carbocycles. The van der Waals surface area contributed by atoms with E-state index >= 15 is 0 Å². The van der Waals surface area contributed by atoms with Crippen LogP contribution in [0.1, 0.15) is 19.4 Å². The average Bonchev–Trinajstić information content (AvgIpc) is 2.30. The third-order valence-corrected chi connectivity index (χ3v) is 1.93. The number of benzene rings is 1. The van der Waals surface area contributed by atoms with Gasteiger partial charge in [-0.1, -0.05) is 30.3 Å². The Bertz CT molecular complexity index is 343. The van der Waals surface area contributed by atoms with E-state index < -0.39 is 6.29 Å². The van der Waals surface area contributed by atoms with E-state index in [4.69, 9.17) is 9.47 Å². The van der Waals surface area contributed by atoms with Gasteiger partial charge in [0.2, 0.25) is 0 Å². The van der Waals surface area contributed by atoms with Crippen molar-refractivity contribution in [3.63, 3.8) is 0 Å². The quantitative estimate of drug-likeness (QED) is 0.320. The average molecular weight is 220 g/mol. The zero-order valence-electron chi connectivity index (χ0n) is 9.55. The number of allylic oxidation sites excluding steroid dienone is 1. The molecule has 0 saturated heterocycles. The van der Waals surface area contributed by atoms with Crippen molar-refractivity contribution >= 4 is 12.4 Å². The highest BCUT2D eigenvalue weighted by molar-refractivity contribution is 5.78. The third-order valence-electron chi connectivity index (χ3n) is 1.93. The summed E-state index contributed by atoms with van der Waals surface area (Å²) in [6.07, 6.45) is 1.95. The lowest BCUT2D eigenvalue weighted by Gasteiger charge is -2.13. The SMILES string of the molecule is CCOC(C)O/C(C=O)=C/c1ccccc1. The smallest absolute Gasteiger partial charge is 0.197 e. The molecule has 16 heavy (non-hydrogen) atoms. The minimum Gasteiger partial charge on any atom is -0.462 e. The molecule has 0 saturated carbocycles.